The van der Waals surface area contributed by atoms with Crippen molar-refractivity contribution in [2.45, 2.75) is 92.3 Å². The van der Waals surface area contributed by atoms with Gasteiger partial charge in [0.15, 0.2) is 0 Å². The molecule has 0 N–H and O–H groups in total. The summed E-state index contributed by atoms with van der Waals surface area (Å²) in [5.41, 5.74) is 2.06. The largest absolute Gasteiger partial charge is 0.465 e. The van der Waals surface area contributed by atoms with Gasteiger partial charge >= 0.3 is 5.97 Å². The van der Waals surface area contributed by atoms with Gasteiger partial charge in [0.1, 0.15) is 0 Å². The zero-order valence-corrected chi connectivity index (χ0v) is 17.9. The summed E-state index contributed by atoms with van der Waals surface area (Å²) in [6, 6.07) is 0. The summed E-state index contributed by atoms with van der Waals surface area (Å²) in [4.78, 5) is 11.8. The van der Waals surface area contributed by atoms with E-state index in [1.54, 1.807) is 0 Å². The van der Waals surface area contributed by atoms with Crippen LogP contribution in [0.1, 0.15) is 80.1 Å². The van der Waals surface area contributed by atoms with Crippen LogP contribution in [0.3, 0.4) is 0 Å². The normalized spacial score (nSPS) is 22.9. The van der Waals surface area contributed by atoms with E-state index in [2.05, 4.69) is 33.9 Å². The molecule has 1 rings (SSSR count). The quantitative estimate of drug-likeness (QED) is 0.267. The van der Waals surface area contributed by atoms with Gasteiger partial charge in [0.05, 0.1) is 24.2 Å². The van der Waals surface area contributed by atoms with Crippen LogP contribution in [-0.4, -0.2) is 24.8 Å². The van der Waals surface area contributed by atoms with E-state index in [1.807, 2.05) is 20.8 Å². The van der Waals surface area contributed by atoms with E-state index in [9.17, 15) is 4.79 Å². The molecule has 26 heavy (non-hydrogen) atoms. The van der Waals surface area contributed by atoms with Crippen molar-refractivity contribution in [3.05, 3.63) is 24.3 Å². The number of allylic oxidation sites excluding steroid dienone is 1. The molecule has 150 valence electrons. The van der Waals surface area contributed by atoms with Crippen LogP contribution in [0.4, 0.5) is 0 Å². The van der Waals surface area contributed by atoms with E-state index >= 15 is 0 Å². The second-order valence-corrected chi connectivity index (χ2v) is 9.30. The molecule has 0 bridgehead atoms. The Morgan fingerprint density at radius 1 is 1.31 bits per heavy atom. The molecular formula is C23H40O3. The van der Waals surface area contributed by atoms with Crippen LogP contribution in [0.25, 0.3) is 0 Å². The lowest BCUT2D eigenvalue weighted by molar-refractivity contribution is -0.153. The van der Waals surface area contributed by atoms with Crippen molar-refractivity contribution in [2.75, 3.05) is 6.61 Å². The third-order valence-corrected chi connectivity index (χ3v) is 5.34. The van der Waals surface area contributed by atoms with Gasteiger partial charge in [-0.25, -0.2) is 0 Å². The molecule has 0 saturated carbocycles. The van der Waals surface area contributed by atoms with E-state index in [1.165, 1.54) is 17.6 Å². The molecule has 0 spiro atoms. The molecule has 0 aromatic carbocycles. The first-order valence-corrected chi connectivity index (χ1v) is 10.2. The van der Waals surface area contributed by atoms with E-state index in [0.717, 1.165) is 32.1 Å². The Bertz CT molecular complexity index is 486. The molecule has 1 heterocycles. The highest BCUT2D eigenvalue weighted by molar-refractivity contribution is 5.75. The number of carbonyl (C=O) groups excluding carboxylic acids is 1. The van der Waals surface area contributed by atoms with E-state index < -0.39 is 5.41 Å². The van der Waals surface area contributed by atoms with Crippen molar-refractivity contribution < 1.29 is 14.3 Å². The summed E-state index contributed by atoms with van der Waals surface area (Å²) in [5.74, 6) is 1.13. The summed E-state index contributed by atoms with van der Waals surface area (Å²) >= 11 is 0. The second kappa shape index (κ2) is 10.3. The first kappa shape index (κ1) is 23.0. The smallest absolute Gasteiger partial charge is 0.311 e. The number of esters is 1. The number of rotatable bonds is 10. The Morgan fingerprint density at radius 2 is 1.96 bits per heavy atom. The van der Waals surface area contributed by atoms with Crippen molar-refractivity contribution in [1.82, 2.24) is 0 Å². The van der Waals surface area contributed by atoms with Crippen molar-refractivity contribution in [3.63, 3.8) is 0 Å². The maximum atomic E-state index is 11.8. The molecule has 1 fully saturated rings. The van der Waals surface area contributed by atoms with Crippen molar-refractivity contribution in [2.24, 2.45) is 17.3 Å². The number of ether oxygens (including phenoxy) is 2. The number of hydrogen-bond donors (Lipinski definition) is 0. The van der Waals surface area contributed by atoms with Crippen LogP contribution in [-0.2, 0) is 14.3 Å². The zero-order chi connectivity index (χ0) is 19.9. The molecule has 0 aromatic heterocycles. The molecule has 2 unspecified atom stereocenters. The minimum atomic E-state index is -0.429. The summed E-state index contributed by atoms with van der Waals surface area (Å²) in [5, 5.41) is 0. The fraction of sp³-hybridized carbons (Fsp3) is 0.783. The Kier molecular flexibility index (Phi) is 9.09. The molecule has 4 atom stereocenters. The molecule has 1 saturated heterocycles. The van der Waals surface area contributed by atoms with Crippen LogP contribution >= 0.6 is 0 Å². The maximum absolute atomic E-state index is 11.8. The fourth-order valence-corrected chi connectivity index (χ4v) is 3.29. The van der Waals surface area contributed by atoms with Gasteiger partial charge in [-0.2, -0.15) is 0 Å². The van der Waals surface area contributed by atoms with Crippen LogP contribution < -0.4 is 0 Å². The molecular weight excluding hydrogens is 324 g/mol. The molecule has 1 aliphatic heterocycles. The Morgan fingerprint density at radius 3 is 2.54 bits per heavy atom. The van der Waals surface area contributed by atoms with Gasteiger partial charge in [-0.1, -0.05) is 32.6 Å². The Hall–Kier alpha value is -1.09. The minimum absolute atomic E-state index is 0.134. The van der Waals surface area contributed by atoms with Gasteiger partial charge in [-0.05, 0) is 83.6 Å². The van der Waals surface area contributed by atoms with E-state index in [0.29, 0.717) is 18.4 Å². The lowest BCUT2D eigenvalue weighted by Gasteiger charge is -2.20. The third-order valence-electron chi connectivity index (χ3n) is 5.34. The average molecular weight is 365 g/mol. The summed E-state index contributed by atoms with van der Waals surface area (Å²) < 4.78 is 11.5. The van der Waals surface area contributed by atoms with Crippen LogP contribution in [0.2, 0.25) is 0 Å². The summed E-state index contributed by atoms with van der Waals surface area (Å²) in [6.07, 6.45) is 6.54. The summed E-state index contributed by atoms with van der Waals surface area (Å²) in [7, 11) is 0. The average Bonchev–Trinajstić information content (AvgIpc) is 2.88. The molecule has 3 nitrogen and oxygen atoms in total. The molecule has 3 heteroatoms. The molecule has 0 aliphatic carbocycles. The number of hydrogen-bond acceptors (Lipinski definition) is 3. The lowest BCUT2D eigenvalue weighted by atomic mass is 9.88. The molecule has 0 amide bonds. The van der Waals surface area contributed by atoms with Gasteiger partial charge in [0.25, 0.3) is 0 Å². The molecule has 0 radical (unpaired) electrons. The van der Waals surface area contributed by atoms with Crippen molar-refractivity contribution in [3.8, 4) is 0 Å². The maximum Gasteiger partial charge on any atom is 0.311 e. The highest BCUT2D eigenvalue weighted by atomic mass is 16.5. The van der Waals surface area contributed by atoms with Crippen molar-refractivity contribution in [1.29, 1.82) is 0 Å². The minimum Gasteiger partial charge on any atom is -0.465 e. The first-order valence-electron chi connectivity index (χ1n) is 10.2. The Balaban J connectivity index is 2.25. The highest BCUT2D eigenvalue weighted by Crippen LogP contribution is 2.32. The van der Waals surface area contributed by atoms with E-state index in [-0.39, 0.29) is 18.2 Å². The van der Waals surface area contributed by atoms with Gasteiger partial charge in [-0.15, -0.1) is 0 Å². The molecule has 1 aliphatic rings. The standard InChI is InChI=1S/C23H40O3/c1-16(2)18(4)14-17(3)11-12-21-19(5)15-20(26-21)10-9-13-25-22(24)23(6,7)8/h17-18,20-21H,1,5,9-15H2,2-4,6-8H3/t17?,18-,20+,21?/m1/s1. The monoisotopic (exact) mass is 364 g/mol. The highest BCUT2D eigenvalue weighted by Gasteiger charge is 2.29. The van der Waals surface area contributed by atoms with Crippen LogP contribution in [0.15, 0.2) is 24.3 Å². The first-order chi connectivity index (χ1) is 12.0. The van der Waals surface area contributed by atoms with Crippen LogP contribution in [0, 0.1) is 17.3 Å². The topological polar surface area (TPSA) is 35.5 Å². The van der Waals surface area contributed by atoms with Gasteiger partial charge in [0.2, 0.25) is 0 Å². The predicted molar refractivity (Wildman–Crippen MR) is 109 cm³/mol. The van der Waals surface area contributed by atoms with Crippen molar-refractivity contribution >= 4 is 5.97 Å². The van der Waals surface area contributed by atoms with Gasteiger partial charge < -0.3 is 9.47 Å². The van der Waals surface area contributed by atoms with Gasteiger partial charge in [-0.3, -0.25) is 4.79 Å². The van der Waals surface area contributed by atoms with E-state index in [4.69, 9.17) is 9.47 Å². The third kappa shape index (κ3) is 8.07. The number of carbonyl (C=O) groups is 1. The zero-order valence-electron chi connectivity index (χ0n) is 17.9. The fourth-order valence-electron chi connectivity index (χ4n) is 3.29. The Labute approximate surface area is 161 Å². The lowest BCUT2D eigenvalue weighted by Crippen LogP contribution is -2.23. The SMILES string of the molecule is C=C1C[C@H](CCCOC(=O)C(C)(C)C)OC1CCC(C)C[C@@H](C)C(=C)C. The molecule has 0 aromatic rings. The summed E-state index contributed by atoms with van der Waals surface area (Å²) in [6.45, 7) is 21.1. The van der Waals surface area contributed by atoms with Gasteiger partial charge in [0, 0.05) is 0 Å². The second-order valence-electron chi connectivity index (χ2n) is 9.30. The predicted octanol–water partition coefficient (Wildman–Crippen LogP) is 6.09. The van der Waals surface area contributed by atoms with Crippen LogP contribution in [0.5, 0.6) is 0 Å².